The minimum Gasteiger partial charge on any atom is -0.481 e. The number of carboxylic acid groups (broad SMARTS) is 1. The van der Waals surface area contributed by atoms with Gasteiger partial charge in [0.05, 0.1) is 18.6 Å². The highest BCUT2D eigenvalue weighted by Crippen LogP contribution is 2.18. The van der Waals surface area contributed by atoms with Gasteiger partial charge in [-0.25, -0.2) is 0 Å². The van der Waals surface area contributed by atoms with Crippen LogP contribution in [-0.2, 0) is 15.0 Å². The SMILES string of the molecule is O=C(O)C1CCCN(S(=O)(=O)NCC(O)CO)C1. The standard InChI is InChI=1S/C9H18N2O6S/c12-6-8(13)4-10-18(16,17)11-3-1-2-7(5-11)9(14)15/h7-8,10,12-13H,1-6H2,(H,14,15). The molecule has 0 aromatic carbocycles. The Labute approximate surface area is 105 Å². The summed E-state index contributed by atoms with van der Waals surface area (Å²) in [6, 6.07) is 0. The summed E-state index contributed by atoms with van der Waals surface area (Å²) in [5.74, 6) is -1.71. The van der Waals surface area contributed by atoms with Crippen LogP contribution < -0.4 is 4.72 Å². The fraction of sp³-hybridized carbons (Fsp3) is 0.889. The van der Waals surface area contributed by atoms with Crippen LogP contribution in [-0.4, -0.2) is 66.4 Å². The van der Waals surface area contributed by atoms with Gasteiger partial charge in [0.25, 0.3) is 10.2 Å². The fourth-order valence-electron chi connectivity index (χ4n) is 1.72. The topological polar surface area (TPSA) is 127 Å². The Morgan fingerprint density at radius 2 is 2.17 bits per heavy atom. The van der Waals surface area contributed by atoms with Gasteiger partial charge in [0.1, 0.15) is 0 Å². The molecule has 1 heterocycles. The van der Waals surface area contributed by atoms with Crippen LogP contribution in [0.5, 0.6) is 0 Å². The summed E-state index contributed by atoms with van der Waals surface area (Å²) < 4.78 is 26.8. The van der Waals surface area contributed by atoms with Crippen LogP contribution in [0, 0.1) is 5.92 Å². The quantitative estimate of drug-likeness (QED) is 0.445. The molecule has 106 valence electrons. The second-order valence-corrected chi connectivity index (χ2v) is 5.98. The summed E-state index contributed by atoms with van der Waals surface area (Å²) in [5, 5.41) is 26.5. The van der Waals surface area contributed by atoms with Gasteiger partial charge in [0.2, 0.25) is 0 Å². The van der Waals surface area contributed by atoms with Crippen molar-refractivity contribution in [2.75, 3.05) is 26.2 Å². The minimum absolute atomic E-state index is 0.0696. The van der Waals surface area contributed by atoms with E-state index in [1.165, 1.54) is 0 Å². The summed E-state index contributed by atoms with van der Waals surface area (Å²) in [7, 11) is -3.81. The lowest BCUT2D eigenvalue weighted by Crippen LogP contribution is -2.49. The molecule has 0 bridgehead atoms. The van der Waals surface area contributed by atoms with Crippen molar-refractivity contribution in [1.29, 1.82) is 0 Å². The van der Waals surface area contributed by atoms with Gasteiger partial charge in [-0.2, -0.15) is 17.4 Å². The van der Waals surface area contributed by atoms with Gasteiger partial charge >= 0.3 is 5.97 Å². The Bertz CT molecular complexity index is 385. The summed E-state index contributed by atoms with van der Waals surface area (Å²) >= 11 is 0. The van der Waals surface area contributed by atoms with Crippen LogP contribution in [0.15, 0.2) is 0 Å². The number of nitrogens with zero attached hydrogens (tertiary/aromatic N) is 1. The highest BCUT2D eigenvalue weighted by Gasteiger charge is 2.32. The van der Waals surface area contributed by atoms with E-state index in [2.05, 4.69) is 4.72 Å². The van der Waals surface area contributed by atoms with Crippen LogP contribution in [0.4, 0.5) is 0 Å². The van der Waals surface area contributed by atoms with Gasteiger partial charge < -0.3 is 15.3 Å². The third-order valence-electron chi connectivity index (χ3n) is 2.79. The highest BCUT2D eigenvalue weighted by atomic mass is 32.2. The number of carboxylic acids is 1. The van der Waals surface area contributed by atoms with E-state index < -0.39 is 34.8 Å². The molecule has 1 saturated heterocycles. The predicted octanol–water partition coefficient (Wildman–Crippen LogP) is -2.03. The van der Waals surface area contributed by atoms with E-state index in [0.717, 1.165) is 4.31 Å². The van der Waals surface area contributed by atoms with Crippen molar-refractivity contribution in [2.45, 2.75) is 18.9 Å². The van der Waals surface area contributed by atoms with E-state index in [1.807, 2.05) is 0 Å². The maximum Gasteiger partial charge on any atom is 0.307 e. The molecule has 4 N–H and O–H groups in total. The first kappa shape index (κ1) is 15.3. The lowest BCUT2D eigenvalue weighted by Gasteiger charge is -2.30. The normalized spacial score (nSPS) is 23.8. The van der Waals surface area contributed by atoms with Crippen LogP contribution in [0.25, 0.3) is 0 Å². The zero-order valence-corrected chi connectivity index (χ0v) is 10.6. The molecule has 0 saturated carbocycles. The van der Waals surface area contributed by atoms with Gasteiger partial charge in [-0.1, -0.05) is 0 Å². The smallest absolute Gasteiger partial charge is 0.307 e. The molecular formula is C9H18N2O6S. The maximum absolute atomic E-state index is 11.8. The summed E-state index contributed by atoms with van der Waals surface area (Å²) in [6.45, 7) is -0.651. The molecule has 1 rings (SSSR count). The number of aliphatic hydroxyl groups is 2. The molecule has 0 radical (unpaired) electrons. The number of nitrogens with one attached hydrogen (secondary N) is 1. The molecule has 2 unspecified atom stereocenters. The number of piperidine rings is 1. The Hall–Kier alpha value is -0.740. The lowest BCUT2D eigenvalue weighted by molar-refractivity contribution is -0.142. The van der Waals surface area contributed by atoms with Crippen LogP contribution in [0.1, 0.15) is 12.8 Å². The molecule has 0 spiro atoms. The summed E-state index contributed by atoms with van der Waals surface area (Å²) in [4.78, 5) is 10.8. The number of carbonyl (C=O) groups is 1. The average molecular weight is 282 g/mol. The molecular weight excluding hydrogens is 264 g/mol. The van der Waals surface area contributed by atoms with Crippen LogP contribution in [0.3, 0.4) is 0 Å². The number of hydrogen-bond donors (Lipinski definition) is 4. The summed E-state index contributed by atoms with van der Waals surface area (Å²) in [6.07, 6.45) is -0.221. The first-order valence-electron chi connectivity index (χ1n) is 5.63. The van der Waals surface area contributed by atoms with Crippen molar-refractivity contribution >= 4 is 16.2 Å². The first-order chi connectivity index (χ1) is 8.36. The van der Waals surface area contributed by atoms with E-state index in [9.17, 15) is 13.2 Å². The van der Waals surface area contributed by atoms with E-state index in [0.29, 0.717) is 12.8 Å². The van der Waals surface area contributed by atoms with Crippen molar-refractivity contribution in [1.82, 2.24) is 9.03 Å². The van der Waals surface area contributed by atoms with Crippen molar-refractivity contribution in [3.8, 4) is 0 Å². The van der Waals surface area contributed by atoms with Gasteiger partial charge in [0.15, 0.2) is 0 Å². The number of rotatable bonds is 6. The molecule has 0 aromatic heterocycles. The van der Waals surface area contributed by atoms with E-state index in [1.54, 1.807) is 0 Å². The molecule has 9 heteroatoms. The molecule has 1 fully saturated rings. The zero-order valence-electron chi connectivity index (χ0n) is 9.82. The molecule has 8 nitrogen and oxygen atoms in total. The average Bonchev–Trinajstić information content (AvgIpc) is 2.36. The second-order valence-electron chi connectivity index (χ2n) is 4.23. The molecule has 2 atom stereocenters. The third-order valence-corrected chi connectivity index (χ3v) is 4.33. The minimum atomic E-state index is -3.81. The Kier molecular flexibility index (Phi) is 5.47. The molecule has 1 aliphatic rings. The maximum atomic E-state index is 11.8. The molecule has 0 aromatic rings. The number of aliphatic carboxylic acids is 1. The monoisotopic (exact) mass is 282 g/mol. The molecule has 1 aliphatic heterocycles. The molecule has 0 amide bonds. The molecule has 0 aliphatic carbocycles. The van der Waals surface area contributed by atoms with Crippen molar-refractivity contribution in [2.24, 2.45) is 5.92 Å². The van der Waals surface area contributed by atoms with Crippen molar-refractivity contribution in [3.05, 3.63) is 0 Å². The van der Waals surface area contributed by atoms with Gasteiger partial charge in [-0.15, -0.1) is 0 Å². The van der Waals surface area contributed by atoms with Gasteiger partial charge in [0, 0.05) is 19.6 Å². The summed E-state index contributed by atoms with van der Waals surface area (Å²) in [5.41, 5.74) is 0. The zero-order chi connectivity index (χ0) is 13.8. The first-order valence-corrected chi connectivity index (χ1v) is 7.07. The molecule has 18 heavy (non-hydrogen) atoms. The van der Waals surface area contributed by atoms with E-state index >= 15 is 0 Å². The number of hydrogen-bond acceptors (Lipinski definition) is 5. The van der Waals surface area contributed by atoms with Crippen LogP contribution >= 0.6 is 0 Å². The lowest BCUT2D eigenvalue weighted by atomic mass is 10.0. The predicted molar refractivity (Wildman–Crippen MR) is 61.9 cm³/mol. The Morgan fingerprint density at radius 3 is 2.72 bits per heavy atom. The van der Waals surface area contributed by atoms with Gasteiger partial charge in [-0.05, 0) is 12.8 Å². The van der Waals surface area contributed by atoms with E-state index in [-0.39, 0.29) is 19.6 Å². The van der Waals surface area contributed by atoms with Crippen LogP contribution in [0.2, 0.25) is 0 Å². The Balaban J connectivity index is 2.59. The van der Waals surface area contributed by atoms with Crippen molar-refractivity contribution in [3.63, 3.8) is 0 Å². The van der Waals surface area contributed by atoms with Gasteiger partial charge in [-0.3, -0.25) is 4.79 Å². The number of aliphatic hydroxyl groups excluding tert-OH is 2. The Morgan fingerprint density at radius 1 is 1.50 bits per heavy atom. The third kappa shape index (κ3) is 4.18. The largest absolute Gasteiger partial charge is 0.481 e. The van der Waals surface area contributed by atoms with E-state index in [4.69, 9.17) is 15.3 Å². The van der Waals surface area contributed by atoms with Crippen molar-refractivity contribution < 1.29 is 28.5 Å². The highest BCUT2D eigenvalue weighted by molar-refractivity contribution is 7.87. The second kappa shape index (κ2) is 6.43. The fourth-order valence-corrected chi connectivity index (χ4v) is 3.05.